The summed E-state index contributed by atoms with van der Waals surface area (Å²) in [5.74, 6) is -3.33. The van der Waals surface area contributed by atoms with Crippen LogP contribution in [0.4, 0.5) is 45.3 Å². The molecule has 0 aliphatic rings. The summed E-state index contributed by atoms with van der Waals surface area (Å²) in [4.78, 5) is 2.37. The normalized spacial score (nSPS) is 14.6. The highest BCUT2D eigenvalue weighted by atomic mass is 19.4. The molecule has 1 aromatic rings. The SMILES string of the molecule is [C-]#[N+]c1c(C(F)(F)F)c(OC(F)(F)C(F)C(F)(F)F)nn1C. The Morgan fingerprint density at radius 1 is 1.14 bits per heavy atom. The van der Waals surface area contributed by atoms with Crippen LogP contribution in [0.2, 0.25) is 0 Å². The van der Waals surface area contributed by atoms with E-state index in [2.05, 4.69) is 14.7 Å². The largest absolute Gasteiger partial charge is 0.440 e. The van der Waals surface area contributed by atoms with E-state index >= 15 is 0 Å². The number of halogens is 9. The number of rotatable bonds is 3. The lowest BCUT2D eigenvalue weighted by Gasteiger charge is -2.22. The van der Waals surface area contributed by atoms with Crippen molar-refractivity contribution in [3.63, 3.8) is 0 Å². The zero-order valence-corrected chi connectivity index (χ0v) is 10.2. The van der Waals surface area contributed by atoms with Crippen LogP contribution in [-0.2, 0) is 13.2 Å². The lowest BCUT2D eigenvalue weighted by molar-refractivity contribution is -0.306. The standard InChI is InChI=1S/C9H4F9N3O/c1-19-4-3(7(11,12)13)5(20-21(4)2)22-9(17,18)6(10)8(14,15)16/h6H,2H3. The number of ether oxygens (including phenoxy) is 1. The van der Waals surface area contributed by atoms with E-state index in [1.54, 1.807) is 0 Å². The lowest BCUT2D eigenvalue weighted by atomic mass is 10.3. The number of hydrogen-bond acceptors (Lipinski definition) is 2. The van der Waals surface area contributed by atoms with Gasteiger partial charge in [0.05, 0.1) is 7.05 Å². The molecule has 0 bridgehead atoms. The zero-order chi connectivity index (χ0) is 17.5. The zero-order valence-electron chi connectivity index (χ0n) is 10.2. The predicted molar refractivity (Wildman–Crippen MR) is 51.0 cm³/mol. The van der Waals surface area contributed by atoms with Gasteiger partial charge in [0.25, 0.3) is 17.9 Å². The van der Waals surface area contributed by atoms with Gasteiger partial charge < -0.3 is 9.58 Å². The van der Waals surface area contributed by atoms with Gasteiger partial charge >= 0.3 is 18.5 Å². The molecule has 1 aromatic heterocycles. The second-order valence-corrected chi connectivity index (χ2v) is 3.80. The number of aromatic nitrogens is 2. The van der Waals surface area contributed by atoms with E-state index in [0.717, 1.165) is 7.05 Å². The van der Waals surface area contributed by atoms with Gasteiger partial charge in [0.2, 0.25) is 0 Å². The molecular formula is C9H4F9N3O. The molecule has 1 atom stereocenters. The molecule has 124 valence electrons. The van der Waals surface area contributed by atoms with Crippen molar-refractivity contribution in [3.05, 3.63) is 17.0 Å². The second kappa shape index (κ2) is 5.25. The Balaban J connectivity index is 3.33. The fourth-order valence-corrected chi connectivity index (χ4v) is 1.31. The number of nitrogens with zero attached hydrogens (tertiary/aromatic N) is 3. The minimum atomic E-state index is -6.07. The van der Waals surface area contributed by atoms with Crippen LogP contribution in [0.15, 0.2) is 0 Å². The molecule has 0 aromatic carbocycles. The summed E-state index contributed by atoms with van der Waals surface area (Å²) in [6, 6.07) is 0. The van der Waals surface area contributed by atoms with Gasteiger partial charge in [-0.2, -0.15) is 39.8 Å². The molecule has 1 unspecified atom stereocenters. The quantitative estimate of drug-likeness (QED) is 0.618. The Hall–Kier alpha value is -2.13. The van der Waals surface area contributed by atoms with Crippen LogP contribution in [0.25, 0.3) is 4.85 Å². The minimum absolute atomic E-state index is 0.169. The summed E-state index contributed by atoms with van der Waals surface area (Å²) in [7, 11) is 0.740. The van der Waals surface area contributed by atoms with Crippen LogP contribution in [0.3, 0.4) is 0 Å². The highest BCUT2D eigenvalue weighted by Crippen LogP contribution is 2.45. The van der Waals surface area contributed by atoms with E-state index < -0.39 is 41.9 Å². The Kier molecular flexibility index (Phi) is 4.28. The fraction of sp³-hybridized carbons (Fsp3) is 0.556. The predicted octanol–water partition coefficient (Wildman–Crippen LogP) is 3.86. The Bertz CT molecular complexity index is 595. The molecule has 0 saturated carbocycles. The van der Waals surface area contributed by atoms with Gasteiger partial charge in [0.15, 0.2) is 0 Å². The van der Waals surface area contributed by atoms with Gasteiger partial charge in [-0.15, -0.1) is 0 Å². The Morgan fingerprint density at radius 2 is 1.64 bits per heavy atom. The summed E-state index contributed by atoms with van der Waals surface area (Å²) in [5, 5.41) is 2.74. The molecule has 1 rings (SSSR count). The van der Waals surface area contributed by atoms with Crippen LogP contribution in [0, 0.1) is 6.57 Å². The third kappa shape index (κ3) is 3.37. The minimum Gasteiger partial charge on any atom is -0.409 e. The van der Waals surface area contributed by atoms with Crippen molar-refractivity contribution in [2.45, 2.75) is 24.6 Å². The summed E-state index contributed by atoms with van der Waals surface area (Å²) in [5.41, 5.74) is -2.13. The first-order valence-electron chi connectivity index (χ1n) is 5.01. The van der Waals surface area contributed by atoms with Crippen molar-refractivity contribution in [2.75, 3.05) is 0 Å². The highest BCUT2D eigenvalue weighted by Gasteiger charge is 2.60. The molecule has 0 N–H and O–H groups in total. The van der Waals surface area contributed by atoms with Crippen molar-refractivity contribution >= 4 is 5.82 Å². The molecule has 13 heteroatoms. The van der Waals surface area contributed by atoms with E-state index in [4.69, 9.17) is 6.57 Å². The molecule has 0 fully saturated rings. The fourth-order valence-electron chi connectivity index (χ4n) is 1.31. The average Bonchev–Trinajstić information content (AvgIpc) is 2.61. The second-order valence-electron chi connectivity index (χ2n) is 3.80. The maximum atomic E-state index is 13.0. The van der Waals surface area contributed by atoms with Crippen molar-refractivity contribution in [1.29, 1.82) is 0 Å². The van der Waals surface area contributed by atoms with Gasteiger partial charge in [-0.1, -0.05) is 11.7 Å². The molecular weight excluding hydrogens is 337 g/mol. The third-order valence-corrected chi connectivity index (χ3v) is 2.19. The Labute approximate surface area is 115 Å². The van der Waals surface area contributed by atoms with Crippen molar-refractivity contribution < 1.29 is 44.3 Å². The van der Waals surface area contributed by atoms with Gasteiger partial charge in [-0.25, -0.2) is 4.39 Å². The smallest absolute Gasteiger partial charge is 0.409 e. The van der Waals surface area contributed by atoms with E-state index in [1.807, 2.05) is 0 Å². The van der Waals surface area contributed by atoms with Crippen LogP contribution in [0.1, 0.15) is 5.56 Å². The topological polar surface area (TPSA) is 31.4 Å². The number of hydrogen-bond donors (Lipinski definition) is 0. The highest BCUT2D eigenvalue weighted by molar-refractivity contribution is 5.53. The first kappa shape index (κ1) is 17.9. The monoisotopic (exact) mass is 341 g/mol. The first-order chi connectivity index (χ1) is 9.71. The van der Waals surface area contributed by atoms with Crippen LogP contribution in [0.5, 0.6) is 5.88 Å². The van der Waals surface area contributed by atoms with Crippen molar-refractivity contribution in [1.82, 2.24) is 9.78 Å². The maximum Gasteiger partial charge on any atom is 0.440 e. The molecule has 0 aliphatic carbocycles. The molecule has 0 saturated heterocycles. The summed E-state index contributed by atoms with van der Waals surface area (Å²) in [6.45, 7) is 6.50. The molecule has 4 nitrogen and oxygen atoms in total. The first-order valence-corrected chi connectivity index (χ1v) is 5.01. The van der Waals surface area contributed by atoms with Gasteiger partial charge in [0, 0.05) is 0 Å². The van der Waals surface area contributed by atoms with Gasteiger partial charge in [-0.05, 0) is 0 Å². The Morgan fingerprint density at radius 3 is 2.00 bits per heavy atom. The summed E-state index contributed by atoms with van der Waals surface area (Å²) < 4.78 is 116. The van der Waals surface area contributed by atoms with E-state index in [9.17, 15) is 39.5 Å². The number of alkyl halides is 9. The van der Waals surface area contributed by atoms with Crippen LogP contribution in [-0.4, -0.2) is 28.2 Å². The number of aryl methyl sites for hydroxylation is 1. The summed E-state index contributed by atoms with van der Waals surface area (Å²) in [6.07, 6.45) is -22.0. The van der Waals surface area contributed by atoms with Crippen LogP contribution >= 0.6 is 0 Å². The molecule has 1 heterocycles. The van der Waals surface area contributed by atoms with Gasteiger partial charge in [-0.3, -0.25) is 0 Å². The van der Waals surface area contributed by atoms with Crippen molar-refractivity contribution in [2.24, 2.45) is 7.05 Å². The van der Waals surface area contributed by atoms with E-state index in [0.29, 0.717) is 0 Å². The van der Waals surface area contributed by atoms with Gasteiger partial charge in [0.1, 0.15) is 5.56 Å². The summed E-state index contributed by atoms with van der Waals surface area (Å²) >= 11 is 0. The van der Waals surface area contributed by atoms with E-state index in [-0.39, 0.29) is 4.68 Å². The molecule has 0 spiro atoms. The van der Waals surface area contributed by atoms with Crippen molar-refractivity contribution in [3.8, 4) is 5.88 Å². The van der Waals surface area contributed by atoms with Crippen LogP contribution < -0.4 is 4.74 Å². The maximum absolute atomic E-state index is 13.0. The molecule has 0 amide bonds. The molecule has 0 aliphatic heterocycles. The average molecular weight is 341 g/mol. The third-order valence-electron chi connectivity index (χ3n) is 2.19. The molecule has 0 radical (unpaired) electrons. The molecule has 22 heavy (non-hydrogen) atoms. The lowest BCUT2D eigenvalue weighted by Crippen LogP contribution is -2.46. The van der Waals surface area contributed by atoms with E-state index in [1.165, 1.54) is 0 Å².